The molecule has 0 unspecified atom stereocenters. The van der Waals surface area contributed by atoms with Crippen molar-refractivity contribution in [1.29, 1.82) is 0 Å². The van der Waals surface area contributed by atoms with Gasteiger partial charge in [-0.25, -0.2) is 13.2 Å². The van der Waals surface area contributed by atoms with E-state index in [-0.39, 0.29) is 25.9 Å². The topological polar surface area (TPSA) is 180 Å². The van der Waals surface area contributed by atoms with Crippen LogP contribution < -0.4 is 15.4 Å². The van der Waals surface area contributed by atoms with Crippen molar-refractivity contribution in [2.24, 2.45) is 5.41 Å². The first kappa shape index (κ1) is 31.8. The highest BCUT2D eigenvalue weighted by Gasteiger charge is 2.53. The van der Waals surface area contributed by atoms with Gasteiger partial charge in [0.2, 0.25) is 27.7 Å². The molecular weight excluding hydrogens is 544 g/mol. The minimum Gasteiger partial charge on any atom is -0.444 e. The number of nitrogens with one attached hydrogen (secondary N) is 3. The van der Waals surface area contributed by atoms with Gasteiger partial charge in [0.15, 0.2) is 0 Å². The molecule has 1 saturated heterocycles. The maximum Gasteiger partial charge on any atom is 0.408 e. The van der Waals surface area contributed by atoms with Gasteiger partial charge in [-0.15, -0.1) is 6.58 Å². The summed E-state index contributed by atoms with van der Waals surface area (Å²) in [6.07, 6.45) is 2.34. The van der Waals surface area contributed by atoms with E-state index in [9.17, 15) is 32.7 Å². The van der Waals surface area contributed by atoms with E-state index in [0.717, 1.165) is 0 Å². The van der Waals surface area contributed by atoms with Gasteiger partial charge in [-0.2, -0.15) is 0 Å². The molecule has 3 aliphatic rings. The third-order valence-corrected chi connectivity index (χ3v) is 8.82. The average molecular weight is 587 g/mol. The largest absolute Gasteiger partial charge is 0.444 e. The molecule has 40 heavy (non-hydrogen) atoms. The number of carbonyl (C=O) groups excluding carboxylic acids is 4. The van der Waals surface area contributed by atoms with Gasteiger partial charge in [-0.1, -0.05) is 6.08 Å². The Balaban J connectivity index is 1.63. The van der Waals surface area contributed by atoms with Crippen molar-refractivity contribution < 1.29 is 42.2 Å². The fourth-order valence-corrected chi connectivity index (χ4v) is 5.88. The second kappa shape index (κ2) is 12.9. The van der Waals surface area contributed by atoms with Gasteiger partial charge in [0.25, 0.3) is 0 Å². The number of aliphatic hydroxyl groups excluding tert-OH is 1. The van der Waals surface area contributed by atoms with Gasteiger partial charge in [0.1, 0.15) is 17.7 Å². The quantitative estimate of drug-likeness (QED) is 0.165. The molecule has 1 heterocycles. The number of rotatable bonds is 14. The summed E-state index contributed by atoms with van der Waals surface area (Å²) in [5, 5.41) is 15.0. The summed E-state index contributed by atoms with van der Waals surface area (Å²) in [4.78, 5) is 53.1. The van der Waals surface area contributed by atoms with Crippen molar-refractivity contribution in [3.63, 3.8) is 0 Å². The number of likely N-dealkylation sites (tertiary alicyclic amines) is 1. The van der Waals surface area contributed by atoms with Crippen LogP contribution >= 0.6 is 0 Å². The first-order chi connectivity index (χ1) is 18.7. The van der Waals surface area contributed by atoms with Crippen molar-refractivity contribution in [2.45, 2.75) is 94.8 Å². The lowest BCUT2D eigenvalue weighted by Crippen LogP contribution is -2.55. The van der Waals surface area contributed by atoms with Crippen LogP contribution in [-0.2, 0) is 33.9 Å². The van der Waals surface area contributed by atoms with Crippen molar-refractivity contribution >= 4 is 33.8 Å². The maximum atomic E-state index is 13.6. The van der Waals surface area contributed by atoms with Gasteiger partial charge in [0, 0.05) is 26.1 Å². The van der Waals surface area contributed by atoms with E-state index in [1.54, 1.807) is 26.8 Å². The SMILES string of the molecule is C=CCOCCC[C@H](NC(=O)OC(C)(C)C)C(=O)N1C[C@H](O)C[C@H]1C(=O)NCC1(C(=O)NS(=O)(=O)C2CC2)CC1. The number of nitrogens with zero attached hydrogens (tertiary/aromatic N) is 1. The maximum absolute atomic E-state index is 13.6. The lowest BCUT2D eigenvalue weighted by Gasteiger charge is -2.29. The van der Waals surface area contributed by atoms with Crippen molar-refractivity contribution in [3.8, 4) is 0 Å². The number of hydrogen-bond acceptors (Lipinski definition) is 9. The van der Waals surface area contributed by atoms with Crippen LogP contribution in [0.5, 0.6) is 0 Å². The second-order valence-electron chi connectivity index (χ2n) is 11.8. The van der Waals surface area contributed by atoms with Gasteiger partial charge in [-0.3, -0.25) is 19.1 Å². The third kappa shape index (κ3) is 8.90. The summed E-state index contributed by atoms with van der Waals surface area (Å²) in [5.41, 5.74) is -1.81. The molecule has 0 bridgehead atoms. The molecule has 4 N–H and O–H groups in total. The molecule has 1 aliphatic heterocycles. The summed E-state index contributed by atoms with van der Waals surface area (Å²) < 4.78 is 37.2. The molecule has 13 nitrogen and oxygen atoms in total. The normalized spacial score (nSPS) is 22.6. The number of aliphatic hydroxyl groups is 1. The number of amides is 4. The number of sulfonamides is 1. The van der Waals surface area contributed by atoms with Crippen LogP contribution in [0.1, 0.15) is 65.7 Å². The van der Waals surface area contributed by atoms with E-state index in [4.69, 9.17) is 9.47 Å². The monoisotopic (exact) mass is 586 g/mol. The highest BCUT2D eigenvalue weighted by molar-refractivity contribution is 7.90. The number of hydrogen-bond donors (Lipinski definition) is 4. The minimum atomic E-state index is -3.71. The molecule has 2 aliphatic carbocycles. The molecule has 4 amide bonds. The molecule has 0 aromatic carbocycles. The predicted octanol–water partition coefficient (Wildman–Crippen LogP) is 0.329. The summed E-state index contributed by atoms with van der Waals surface area (Å²) in [7, 11) is -3.71. The minimum absolute atomic E-state index is 0.0194. The van der Waals surface area contributed by atoms with Crippen LogP contribution in [0, 0.1) is 5.41 Å². The molecule has 0 radical (unpaired) electrons. The summed E-state index contributed by atoms with van der Waals surface area (Å²) in [5.74, 6) is -1.76. The number of ether oxygens (including phenoxy) is 2. The Bertz CT molecular complexity index is 1080. The summed E-state index contributed by atoms with van der Waals surface area (Å²) >= 11 is 0. The van der Waals surface area contributed by atoms with Crippen LogP contribution in [0.25, 0.3) is 0 Å². The Kier molecular flexibility index (Phi) is 10.2. The van der Waals surface area contributed by atoms with Crippen molar-refractivity contribution in [3.05, 3.63) is 12.7 Å². The Morgan fingerprint density at radius 1 is 1.20 bits per heavy atom. The molecule has 3 rings (SSSR count). The molecule has 3 fully saturated rings. The van der Waals surface area contributed by atoms with Gasteiger partial charge in [-0.05, 0) is 59.3 Å². The summed E-state index contributed by atoms with van der Waals surface area (Å²) in [6.45, 7) is 9.11. The molecule has 3 atom stereocenters. The van der Waals surface area contributed by atoms with E-state index in [1.807, 2.05) is 0 Å². The van der Waals surface area contributed by atoms with Crippen LogP contribution in [0.2, 0.25) is 0 Å². The third-order valence-electron chi connectivity index (χ3n) is 7.01. The fraction of sp³-hybridized carbons (Fsp3) is 0.769. The van der Waals surface area contributed by atoms with E-state index in [1.165, 1.54) is 4.90 Å². The molecule has 0 aromatic rings. The standard InChI is InChI=1S/C26H42N4O9S/c1-5-12-38-13-6-7-19(28-24(35)39-25(2,3)4)22(33)30-15-17(31)14-20(30)21(32)27-16-26(10-11-26)23(34)29-40(36,37)18-8-9-18/h5,17-20,31H,1,6-16H2,2-4H3,(H,27,32)(H,28,35)(H,29,34)/t17-,19+,20+/m1/s1. The first-order valence-corrected chi connectivity index (χ1v) is 15.2. The van der Waals surface area contributed by atoms with Crippen LogP contribution in [0.3, 0.4) is 0 Å². The van der Waals surface area contributed by atoms with Crippen LogP contribution in [0.4, 0.5) is 4.79 Å². The highest BCUT2D eigenvalue weighted by atomic mass is 32.2. The Morgan fingerprint density at radius 3 is 2.45 bits per heavy atom. The molecule has 2 saturated carbocycles. The van der Waals surface area contributed by atoms with Crippen LogP contribution in [0.15, 0.2) is 12.7 Å². The lowest BCUT2D eigenvalue weighted by molar-refractivity contribution is -0.140. The molecular formula is C26H42N4O9S. The molecule has 14 heteroatoms. The molecule has 226 valence electrons. The van der Waals surface area contributed by atoms with Gasteiger partial charge in [0.05, 0.1) is 23.4 Å². The first-order valence-electron chi connectivity index (χ1n) is 13.7. The Hall–Kier alpha value is -2.71. The molecule has 0 spiro atoms. The average Bonchev–Trinajstić information content (AvgIpc) is 3.77. The second-order valence-corrected chi connectivity index (χ2v) is 13.7. The summed E-state index contributed by atoms with van der Waals surface area (Å²) in [6, 6.07) is -2.06. The lowest BCUT2D eigenvalue weighted by atomic mass is 10.1. The van der Waals surface area contributed by atoms with Gasteiger partial charge < -0.3 is 30.1 Å². The van der Waals surface area contributed by atoms with Crippen LogP contribution in [-0.4, -0.2) is 97.6 Å². The van der Waals surface area contributed by atoms with E-state index in [2.05, 4.69) is 21.9 Å². The zero-order valence-electron chi connectivity index (χ0n) is 23.4. The molecule has 0 aromatic heterocycles. The van der Waals surface area contributed by atoms with E-state index < -0.39 is 68.3 Å². The zero-order chi connectivity index (χ0) is 29.7. The Morgan fingerprint density at radius 2 is 1.88 bits per heavy atom. The number of β-amino-alcohol motifs (C(OH)–C–C–N with tert-alkyl or cyclic N) is 1. The Labute approximate surface area is 235 Å². The van der Waals surface area contributed by atoms with Gasteiger partial charge >= 0.3 is 6.09 Å². The highest BCUT2D eigenvalue weighted by Crippen LogP contribution is 2.46. The van der Waals surface area contributed by atoms with E-state index >= 15 is 0 Å². The number of alkyl carbamates (subject to hydrolysis) is 1. The van der Waals surface area contributed by atoms with Crippen molar-refractivity contribution in [1.82, 2.24) is 20.3 Å². The van der Waals surface area contributed by atoms with E-state index in [0.29, 0.717) is 45.3 Å². The smallest absolute Gasteiger partial charge is 0.408 e. The zero-order valence-corrected chi connectivity index (χ0v) is 24.3. The van der Waals surface area contributed by atoms with Crippen molar-refractivity contribution in [2.75, 3.05) is 26.3 Å². The number of carbonyl (C=O) groups is 4. The fourth-order valence-electron chi connectivity index (χ4n) is 4.48. The predicted molar refractivity (Wildman–Crippen MR) is 144 cm³/mol.